The average Bonchev–Trinajstić information content (AvgIpc) is 2.91. The fourth-order valence-corrected chi connectivity index (χ4v) is 4.95. The van der Waals surface area contributed by atoms with Crippen molar-refractivity contribution in [2.24, 2.45) is 5.73 Å². The summed E-state index contributed by atoms with van der Waals surface area (Å²) >= 11 is 1.96. The maximum absolute atomic E-state index is 6.06. The first-order valence-corrected chi connectivity index (χ1v) is 8.75. The molecule has 1 unspecified atom stereocenters. The van der Waals surface area contributed by atoms with Crippen LogP contribution in [-0.2, 0) is 6.42 Å². The van der Waals surface area contributed by atoms with Gasteiger partial charge >= 0.3 is 0 Å². The third kappa shape index (κ3) is 2.74. The Bertz CT molecular complexity index is 407. The second-order valence-corrected chi connectivity index (χ2v) is 7.11. The Hall–Kier alpha value is -0.380. The zero-order valence-electron chi connectivity index (χ0n) is 12.0. The third-order valence-corrected chi connectivity index (χ3v) is 5.99. The molecule has 1 heterocycles. The normalized spacial score (nSPS) is 31.4. The first-order chi connectivity index (χ1) is 9.29. The van der Waals surface area contributed by atoms with Crippen LogP contribution >= 0.6 is 11.3 Å². The maximum Gasteiger partial charge on any atom is 0.0362 e. The summed E-state index contributed by atoms with van der Waals surface area (Å²) in [6.45, 7) is 3.51. The molecule has 0 aromatic carbocycles. The second-order valence-electron chi connectivity index (χ2n) is 6.11. The molecule has 0 radical (unpaired) electrons. The van der Waals surface area contributed by atoms with Gasteiger partial charge in [-0.25, -0.2) is 0 Å². The fourth-order valence-electron chi connectivity index (χ4n) is 3.97. The van der Waals surface area contributed by atoms with Crippen LogP contribution in [0, 0.1) is 0 Å². The summed E-state index contributed by atoms with van der Waals surface area (Å²) in [4.78, 5) is 4.42. The summed E-state index contributed by atoms with van der Waals surface area (Å²) in [5.74, 6) is 0. The molecule has 1 atom stereocenters. The smallest absolute Gasteiger partial charge is 0.0362 e. The number of hydrogen-bond acceptors (Lipinski definition) is 3. The average molecular weight is 278 g/mol. The molecule has 3 rings (SSSR count). The summed E-state index contributed by atoms with van der Waals surface area (Å²) in [6.07, 6.45) is 9.03. The van der Waals surface area contributed by atoms with E-state index in [-0.39, 0.29) is 0 Å². The molecule has 1 fully saturated rings. The van der Waals surface area contributed by atoms with E-state index in [0.717, 1.165) is 6.04 Å². The topological polar surface area (TPSA) is 29.3 Å². The fraction of sp³-hybridized carbons (Fsp3) is 0.750. The highest BCUT2D eigenvalue weighted by Gasteiger charge is 2.32. The lowest BCUT2D eigenvalue weighted by Gasteiger charge is -2.42. The molecule has 2 aliphatic carbocycles. The Morgan fingerprint density at radius 3 is 2.79 bits per heavy atom. The van der Waals surface area contributed by atoms with E-state index in [1.807, 2.05) is 11.3 Å². The molecule has 1 saturated carbocycles. The van der Waals surface area contributed by atoms with E-state index in [1.54, 1.807) is 10.4 Å². The van der Waals surface area contributed by atoms with Crippen molar-refractivity contribution in [3.8, 4) is 0 Å². The largest absolute Gasteiger partial charge is 0.328 e. The molecule has 0 spiro atoms. The maximum atomic E-state index is 6.06. The zero-order chi connectivity index (χ0) is 13.2. The lowest BCUT2D eigenvalue weighted by molar-refractivity contribution is 0.0957. The van der Waals surface area contributed by atoms with Gasteiger partial charge in [0.15, 0.2) is 0 Å². The van der Waals surface area contributed by atoms with Gasteiger partial charge in [-0.2, -0.15) is 0 Å². The summed E-state index contributed by atoms with van der Waals surface area (Å²) in [5.41, 5.74) is 7.69. The number of nitrogens with two attached hydrogens (primary N) is 1. The number of rotatable bonds is 3. The van der Waals surface area contributed by atoms with Gasteiger partial charge in [-0.3, -0.25) is 4.90 Å². The first kappa shape index (κ1) is 13.6. The van der Waals surface area contributed by atoms with Crippen LogP contribution in [0.2, 0.25) is 0 Å². The van der Waals surface area contributed by atoms with Gasteiger partial charge in [0.25, 0.3) is 0 Å². The van der Waals surface area contributed by atoms with Crippen LogP contribution in [0.3, 0.4) is 0 Å². The number of hydrogen-bond donors (Lipinski definition) is 1. The highest BCUT2D eigenvalue weighted by atomic mass is 32.1. The van der Waals surface area contributed by atoms with Crippen molar-refractivity contribution < 1.29 is 0 Å². The summed E-state index contributed by atoms with van der Waals surface area (Å²) in [7, 11) is 0. The Kier molecular flexibility index (Phi) is 4.25. The molecule has 106 valence electrons. The van der Waals surface area contributed by atoms with Crippen molar-refractivity contribution >= 4 is 11.3 Å². The molecule has 2 N–H and O–H groups in total. The molecular weight excluding hydrogens is 252 g/mol. The number of aryl methyl sites for hydroxylation is 1. The monoisotopic (exact) mass is 278 g/mol. The Morgan fingerprint density at radius 1 is 1.26 bits per heavy atom. The molecule has 3 heteroatoms. The molecule has 1 aromatic heterocycles. The predicted molar refractivity (Wildman–Crippen MR) is 82.6 cm³/mol. The van der Waals surface area contributed by atoms with E-state index in [9.17, 15) is 0 Å². The quantitative estimate of drug-likeness (QED) is 0.913. The highest BCUT2D eigenvalue weighted by Crippen LogP contribution is 2.39. The Balaban J connectivity index is 1.76. The SMILES string of the molecule is CCN(C1CCC(N)CC1)C1CCCc2sccc21. The summed E-state index contributed by atoms with van der Waals surface area (Å²) in [5, 5.41) is 2.29. The van der Waals surface area contributed by atoms with E-state index in [2.05, 4.69) is 23.3 Å². The van der Waals surface area contributed by atoms with Crippen molar-refractivity contribution in [3.05, 3.63) is 21.9 Å². The Morgan fingerprint density at radius 2 is 2.05 bits per heavy atom. The predicted octanol–water partition coefficient (Wildman–Crippen LogP) is 3.72. The van der Waals surface area contributed by atoms with Crippen LogP contribution in [0.4, 0.5) is 0 Å². The van der Waals surface area contributed by atoms with Crippen molar-refractivity contribution in [3.63, 3.8) is 0 Å². The van der Waals surface area contributed by atoms with Crippen LogP contribution in [0.15, 0.2) is 11.4 Å². The van der Waals surface area contributed by atoms with Gasteiger partial charge in [0.05, 0.1) is 0 Å². The van der Waals surface area contributed by atoms with Crippen molar-refractivity contribution in [1.29, 1.82) is 0 Å². The lowest BCUT2D eigenvalue weighted by Crippen LogP contribution is -2.43. The molecule has 1 aromatic rings. The standard InChI is InChI=1S/C16H26N2S/c1-2-18(13-8-6-12(17)7-9-13)15-4-3-5-16-14(15)10-11-19-16/h10-13,15H,2-9,17H2,1H3. The third-order valence-electron chi connectivity index (χ3n) is 5.00. The zero-order valence-corrected chi connectivity index (χ0v) is 12.8. The van der Waals surface area contributed by atoms with Gasteiger partial charge in [-0.1, -0.05) is 6.92 Å². The highest BCUT2D eigenvalue weighted by molar-refractivity contribution is 7.10. The lowest BCUT2D eigenvalue weighted by atomic mass is 9.86. The van der Waals surface area contributed by atoms with E-state index >= 15 is 0 Å². The molecule has 0 bridgehead atoms. The molecule has 0 amide bonds. The van der Waals surface area contributed by atoms with Crippen molar-refractivity contribution in [2.75, 3.05) is 6.54 Å². The van der Waals surface area contributed by atoms with Gasteiger partial charge in [0.1, 0.15) is 0 Å². The summed E-state index contributed by atoms with van der Waals surface area (Å²) < 4.78 is 0. The molecular formula is C16H26N2S. The van der Waals surface area contributed by atoms with Crippen LogP contribution in [0.1, 0.15) is 61.9 Å². The van der Waals surface area contributed by atoms with E-state index in [1.165, 1.54) is 51.5 Å². The molecule has 2 aliphatic rings. The second kappa shape index (κ2) is 5.94. The minimum absolute atomic E-state index is 0.457. The van der Waals surface area contributed by atoms with E-state index in [0.29, 0.717) is 12.1 Å². The number of fused-ring (bicyclic) bond motifs is 1. The van der Waals surface area contributed by atoms with Gasteiger partial charge in [-0.15, -0.1) is 11.3 Å². The number of nitrogens with zero attached hydrogens (tertiary/aromatic N) is 1. The van der Waals surface area contributed by atoms with Crippen LogP contribution in [-0.4, -0.2) is 23.5 Å². The van der Waals surface area contributed by atoms with Gasteiger partial charge in [0.2, 0.25) is 0 Å². The molecule has 0 aliphatic heterocycles. The minimum atomic E-state index is 0.457. The van der Waals surface area contributed by atoms with Crippen LogP contribution in [0.25, 0.3) is 0 Å². The number of thiophene rings is 1. The Labute approximate surface area is 121 Å². The summed E-state index contributed by atoms with van der Waals surface area (Å²) in [6, 6.07) is 4.28. The van der Waals surface area contributed by atoms with Crippen molar-refractivity contribution in [1.82, 2.24) is 4.90 Å². The van der Waals surface area contributed by atoms with E-state index < -0.39 is 0 Å². The van der Waals surface area contributed by atoms with Crippen LogP contribution < -0.4 is 5.73 Å². The molecule has 2 nitrogen and oxygen atoms in total. The van der Waals surface area contributed by atoms with Crippen molar-refractivity contribution in [2.45, 2.75) is 70.0 Å². The van der Waals surface area contributed by atoms with E-state index in [4.69, 9.17) is 5.73 Å². The van der Waals surface area contributed by atoms with Gasteiger partial charge < -0.3 is 5.73 Å². The van der Waals surface area contributed by atoms with Crippen LogP contribution in [0.5, 0.6) is 0 Å². The molecule has 19 heavy (non-hydrogen) atoms. The minimum Gasteiger partial charge on any atom is -0.328 e. The van der Waals surface area contributed by atoms with Gasteiger partial charge in [0, 0.05) is 23.0 Å². The van der Waals surface area contributed by atoms with Gasteiger partial charge in [-0.05, 0) is 68.5 Å². The first-order valence-electron chi connectivity index (χ1n) is 7.87. The molecule has 0 saturated heterocycles.